The maximum atomic E-state index is 7.59. The number of nitrogens with one attached hydrogen (secondary N) is 1. The fraction of sp³-hybridized carbons (Fsp3) is 0.235. The molecular formula is C17H19ClN2O. The predicted molar refractivity (Wildman–Crippen MR) is 87.3 cm³/mol. The van der Waals surface area contributed by atoms with Crippen molar-refractivity contribution in [3.05, 3.63) is 64.2 Å². The molecule has 0 unspecified atom stereocenters. The summed E-state index contributed by atoms with van der Waals surface area (Å²) in [4.78, 5) is 0. The van der Waals surface area contributed by atoms with Gasteiger partial charge in [-0.15, -0.1) is 0 Å². The molecule has 110 valence electrons. The number of nitrogens with two attached hydrogens (primary N) is 1. The summed E-state index contributed by atoms with van der Waals surface area (Å²) in [6, 6.07) is 13.6. The van der Waals surface area contributed by atoms with E-state index in [0.29, 0.717) is 28.9 Å². The first-order valence-electron chi connectivity index (χ1n) is 6.83. The van der Waals surface area contributed by atoms with Crippen molar-refractivity contribution in [1.82, 2.24) is 0 Å². The van der Waals surface area contributed by atoms with Gasteiger partial charge < -0.3 is 10.5 Å². The van der Waals surface area contributed by atoms with Crippen LogP contribution in [0, 0.1) is 5.41 Å². The average molecular weight is 303 g/mol. The third kappa shape index (κ3) is 3.76. The molecular weight excluding hydrogens is 284 g/mol. The van der Waals surface area contributed by atoms with Gasteiger partial charge in [-0.05, 0) is 29.2 Å². The minimum Gasteiger partial charge on any atom is -0.488 e. The predicted octanol–water partition coefficient (Wildman–Crippen LogP) is 4.33. The number of benzene rings is 2. The Balaban J connectivity index is 2.13. The van der Waals surface area contributed by atoms with E-state index in [1.165, 1.54) is 5.56 Å². The first-order valence-corrected chi connectivity index (χ1v) is 7.21. The largest absolute Gasteiger partial charge is 0.488 e. The summed E-state index contributed by atoms with van der Waals surface area (Å²) in [5, 5.41) is 8.01. The maximum absolute atomic E-state index is 7.59. The van der Waals surface area contributed by atoms with E-state index in [0.717, 1.165) is 5.56 Å². The Hall–Kier alpha value is -2.00. The van der Waals surface area contributed by atoms with Crippen LogP contribution >= 0.6 is 11.6 Å². The average Bonchev–Trinajstić information content (AvgIpc) is 2.45. The molecule has 21 heavy (non-hydrogen) atoms. The highest BCUT2D eigenvalue weighted by molar-refractivity contribution is 6.34. The molecule has 0 atom stereocenters. The van der Waals surface area contributed by atoms with E-state index in [1.54, 1.807) is 18.2 Å². The van der Waals surface area contributed by atoms with E-state index in [4.69, 9.17) is 27.5 Å². The van der Waals surface area contributed by atoms with Crippen molar-refractivity contribution in [1.29, 1.82) is 5.41 Å². The van der Waals surface area contributed by atoms with Gasteiger partial charge in [0.05, 0.1) is 10.6 Å². The Bertz CT molecular complexity index is 636. The second kappa shape index (κ2) is 6.64. The molecule has 2 rings (SSSR count). The van der Waals surface area contributed by atoms with Crippen LogP contribution in [0.4, 0.5) is 0 Å². The van der Waals surface area contributed by atoms with Crippen LogP contribution in [0.2, 0.25) is 5.02 Å². The molecule has 0 saturated heterocycles. The van der Waals surface area contributed by atoms with Gasteiger partial charge in [0.2, 0.25) is 0 Å². The molecule has 2 aromatic carbocycles. The van der Waals surface area contributed by atoms with Crippen molar-refractivity contribution in [3.8, 4) is 5.75 Å². The molecule has 0 amide bonds. The lowest BCUT2D eigenvalue weighted by Crippen LogP contribution is -2.13. The molecule has 0 fully saturated rings. The summed E-state index contributed by atoms with van der Waals surface area (Å²) in [7, 11) is 0. The fourth-order valence-electron chi connectivity index (χ4n) is 2.05. The Morgan fingerprint density at radius 3 is 2.43 bits per heavy atom. The number of ether oxygens (including phenoxy) is 1. The molecule has 0 heterocycles. The summed E-state index contributed by atoms with van der Waals surface area (Å²) < 4.78 is 5.76. The highest BCUT2D eigenvalue weighted by atomic mass is 35.5. The zero-order chi connectivity index (χ0) is 15.4. The Labute approximate surface area is 130 Å². The molecule has 0 radical (unpaired) electrons. The van der Waals surface area contributed by atoms with E-state index >= 15 is 0 Å². The van der Waals surface area contributed by atoms with E-state index < -0.39 is 0 Å². The quantitative estimate of drug-likeness (QED) is 0.638. The van der Waals surface area contributed by atoms with Crippen LogP contribution in [0.15, 0.2) is 42.5 Å². The van der Waals surface area contributed by atoms with Gasteiger partial charge in [-0.3, -0.25) is 5.41 Å². The molecule has 2 aromatic rings. The van der Waals surface area contributed by atoms with Crippen LogP contribution in [-0.2, 0) is 6.61 Å². The standard InChI is InChI=1S/C17H19ClN2O/c1-11(2)13-8-6-12(7-9-13)10-21-15-5-3-4-14(18)16(15)17(19)20/h3-9,11H,10H2,1-2H3,(H3,19,20). The highest BCUT2D eigenvalue weighted by Crippen LogP contribution is 2.26. The molecule has 0 spiro atoms. The molecule has 3 N–H and O–H groups in total. The van der Waals surface area contributed by atoms with Gasteiger partial charge >= 0.3 is 0 Å². The van der Waals surface area contributed by atoms with E-state index in [1.807, 2.05) is 12.1 Å². The molecule has 0 aliphatic rings. The lowest BCUT2D eigenvalue weighted by molar-refractivity contribution is 0.305. The van der Waals surface area contributed by atoms with Crippen LogP contribution < -0.4 is 10.5 Å². The minimum absolute atomic E-state index is 0.0919. The van der Waals surface area contributed by atoms with Gasteiger partial charge in [0.25, 0.3) is 0 Å². The third-order valence-electron chi connectivity index (χ3n) is 3.29. The number of amidine groups is 1. The van der Waals surface area contributed by atoms with Gasteiger partial charge in [-0.1, -0.05) is 55.8 Å². The van der Waals surface area contributed by atoms with Gasteiger partial charge in [-0.25, -0.2) is 0 Å². The monoisotopic (exact) mass is 302 g/mol. The Kier molecular flexibility index (Phi) is 4.86. The lowest BCUT2D eigenvalue weighted by atomic mass is 10.0. The van der Waals surface area contributed by atoms with Crippen molar-refractivity contribution >= 4 is 17.4 Å². The molecule has 0 aromatic heterocycles. The van der Waals surface area contributed by atoms with Crippen molar-refractivity contribution in [2.24, 2.45) is 5.73 Å². The molecule has 3 nitrogen and oxygen atoms in total. The summed E-state index contributed by atoms with van der Waals surface area (Å²) in [5.74, 6) is 0.950. The van der Waals surface area contributed by atoms with Crippen molar-refractivity contribution < 1.29 is 4.74 Å². The van der Waals surface area contributed by atoms with Gasteiger partial charge in [0, 0.05) is 0 Å². The molecule has 0 aliphatic heterocycles. The second-order valence-electron chi connectivity index (χ2n) is 5.21. The van der Waals surface area contributed by atoms with Gasteiger partial charge in [0.15, 0.2) is 0 Å². The van der Waals surface area contributed by atoms with Crippen molar-refractivity contribution in [2.75, 3.05) is 0 Å². The van der Waals surface area contributed by atoms with Crippen LogP contribution in [0.5, 0.6) is 5.75 Å². The summed E-state index contributed by atoms with van der Waals surface area (Å²) in [6.07, 6.45) is 0. The van der Waals surface area contributed by atoms with Crippen LogP contribution in [-0.4, -0.2) is 5.84 Å². The van der Waals surface area contributed by atoms with Gasteiger partial charge in [0.1, 0.15) is 18.2 Å². The summed E-state index contributed by atoms with van der Waals surface area (Å²) >= 11 is 6.06. The van der Waals surface area contributed by atoms with E-state index in [-0.39, 0.29) is 5.84 Å². The van der Waals surface area contributed by atoms with E-state index in [9.17, 15) is 0 Å². The number of nitrogen functional groups attached to an aromatic ring is 1. The zero-order valence-corrected chi connectivity index (χ0v) is 12.9. The molecule has 0 bridgehead atoms. The molecule has 4 heteroatoms. The Morgan fingerprint density at radius 2 is 1.86 bits per heavy atom. The summed E-state index contributed by atoms with van der Waals surface area (Å²) in [6.45, 7) is 4.74. The number of hydrogen-bond acceptors (Lipinski definition) is 2. The third-order valence-corrected chi connectivity index (χ3v) is 3.60. The lowest BCUT2D eigenvalue weighted by Gasteiger charge is -2.12. The molecule has 0 aliphatic carbocycles. The van der Waals surface area contributed by atoms with Crippen LogP contribution in [0.3, 0.4) is 0 Å². The topological polar surface area (TPSA) is 59.1 Å². The smallest absolute Gasteiger partial charge is 0.132 e. The van der Waals surface area contributed by atoms with Crippen molar-refractivity contribution in [3.63, 3.8) is 0 Å². The highest BCUT2D eigenvalue weighted by Gasteiger charge is 2.11. The zero-order valence-electron chi connectivity index (χ0n) is 12.2. The number of rotatable bonds is 5. The summed E-state index contributed by atoms with van der Waals surface area (Å²) in [5.41, 5.74) is 8.36. The van der Waals surface area contributed by atoms with Crippen LogP contribution in [0.1, 0.15) is 36.5 Å². The second-order valence-corrected chi connectivity index (χ2v) is 5.62. The fourth-order valence-corrected chi connectivity index (χ4v) is 2.31. The van der Waals surface area contributed by atoms with Crippen molar-refractivity contribution in [2.45, 2.75) is 26.4 Å². The first kappa shape index (κ1) is 15.4. The first-order chi connectivity index (χ1) is 9.99. The van der Waals surface area contributed by atoms with Gasteiger partial charge in [-0.2, -0.15) is 0 Å². The van der Waals surface area contributed by atoms with E-state index in [2.05, 4.69) is 26.0 Å². The normalized spacial score (nSPS) is 10.7. The maximum Gasteiger partial charge on any atom is 0.132 e. The Morgan fingerprint density at radius 1 is 1.19 bits per heavy atom. The number of halogens is 1. The SMILES string of the molecule is CC(C)c1ccc(COc2cccc(Cl)c2C(=N)N)cc1. The minimum atomic E-state index is -0.0919. The van der Waals surface area contributed by atoms with Crippen LogP contribution in [0.25, 0.3) is 0 Å². The molecule has 0 saturated carbocycles. The number of hydrogen-bond donors (Lipinski definition) is 2.